The monoisotopic (exact) mass is 248 g/mol. The molecule has 0 aliphatic rings. The Morgan fingerprint density at radius 2 is 2.12 bits per heavy atom. The Kier molecular flexibility index (Phi) is 4.22. The predicted octanol–water partition coefficient (Wildman–Crippen LogP) is 0.0686. The van der Waals surface area contributed by atoms with Crippen molar-refractivity contribution < 1.29 is 17.9 Å². The third-order valence-corrected chi connectivity index (χ3v) is 3.42. The van der Waals surface area contributed by atoms with Crippen LogP contribution in [0.3, 0.4) is 0 Å². The molecule has 0 amide bonds. The van der Waals surface area contributed by atoms with E-state index in [9.17, 15) is 12.8 Å². The summed E-state index contributed by atoms with van der Waals surface area (Å²) in [6, 6.07) is 3.07. The fourth-order valence-corrected chi connectivity index (χ4v) is 2.31. The maximum atomic E-state index is 12.7. The van der Waals surface area contributed by atoms with E-state index in [1.54, 1.807) is 0 Å². The minimum Gasteiger partial charge on any atom is -0.398 e. The number of hydrogen-bond acceptors (Lipinski definition) is 4. The maximum absolute atomic E-state index is 12.7. The fourth-order valence-electron chi connectivity index (χ4n) is 1.13. The standard InChI is InChI=1S/C9H13FN2O3S/c10-7-2-3-9(8(11)6-7)16(14,15)12-4-1-5-13/h2-3,6,12-13H,1,4-5,11H2. The highest BCUT2D eigenvalue weighted by molar-refractivity contribution is 7.89. The average molecular weight is 248 g/mol. The van der Waals surface area contributed by atoms with E-state index in [4.69, 9.17) is 10.8 Å². The molecule has 0 spiro atoms. The second-order valence-electron chi connectivity index (χ2n) is 3.16. The molecule has 7 heteroatoms. The number of nitrogen functional groups attached to an aromatic ring is 1. The van der Waals surface area contributed by atoms with Gasteiger partial charge in [0, 0.05) is 13.2 Å². The van der Waals surface area contributed by atoms with Gasteiger partial charge in [0.25, 0.3) is 0 Å². The van der Waals surface area contributed by atoms with E-state index < -0.39 is 15.8 Å². The molecule has 1 rings (SSSR count). The lowest BCUT2D eigenvalue weighted by molar-refractivity contribution is 0.289. The van der Waals surface area contributed by atoms with Gasteiger partial charge < -0.3 is 10.8 Å². The molecule has 0 aliphatic heterocycles. The van der Waals surface area contributed by atoms with Crippen molar-refractivity contribution in [2.75, 3.05) is 18.9 Å². The van der Waals surface area contributed by atoms with Crippen LogP contribution in [0.15, 0.2) is 23.1 Å². The average Bonchev–Trinajstić information content (AvgIpc) is 2.17. The molecular weight excluding hydrogens is 235 g/mol. The first-order chi connectivity index (χ1) is 7.47. The van der Waals surface area contributed by atoms with Gasteiger partial charge in [0.1, 0.15) is 10.7 Å². The van der Waals surface area contributed by atoms with Gasteiger partial charge in [0.15, 0.2) is 0 Å². The number of hydrogen-bond donors (Lipinski definition) is 3. The van der Waals surface area contributed by atoms with Crippen LogP contribution in [-0.4, -0.2) is 26.7 Å². The lowest BCUT2D eigenvalue weighted by Gasteiger charge is -2.08. The number of rotatable bonds is 5. The first-order valence-corrected chi connectivity index (χ1v) is 6.11. The van der Waals surface area contributed by atoms with Crippen molar-refractivity contribution in [2.45, 2.75) is 11.3 Å². The molecule has 0 radical (unpaired) electrons. The number of halogens is 1. The van der Waals surface area contributed by atoms with Gasteiger partial charge in [-0.15, -0.1) is 0 Å². The predicted molar refractivity (Wildman–Crippen MR) is 57.7 cm³/mol. The molecule has 0 saturated carbocycles. The van der Waals surface area contributed by atoms with Crippen LogP contribution in [0, 0.1) is 5.82 Å². The Hall–Kier alpha value is -1.18. The number of benzene rings is 1. The molecule has 90 valence electrons. The van der Waals surface area contributed by atoms with E-state index in [1.165, 1.54) is 0 Å². The molecule has 5 nitrogen and oxygen atoms in total. The maximum Gasteiger partial charge on any atom is 0.242 e. The van der Waals surface area contributed by atoms with Crippen LogP contribution >= 0.6 is 0 Å². The van der Waals surface area contributed by atoms with Crippen LogP contribution in [0.1, 0.15) is 6.42 Å². The molecule has 0 aromatic heterocycles. The lowest BCUT2D eigenvalue weighted by atomic mass is 10.3. The first kappa shape index (κ1) is 12.9. The minimum absolute atomic E-state index is 0.107. The third-order valence-electron chi connectivity index (χ3n) is 1.89. The second-order valence-corrected chi connectivity index (χ2v) is 4.89. The topological polar surface area (TPSA) is 92.4 Å². The van der Waals surface area contributed by atoms with Crippen LogP contribution in [-0.2, 0) is 10.0 Å². The van der Waals surface area contributed by atoms with Gasteiger partial charge in [-0.25, -0.2) is 17.5 Å². The number of nitrogens with one attached hydrogen (secondary N) is 1. The Morgan fingerprint density at radius 3 is 2.69 bits per heavy atom. The molecule has 4 N–H and O–H groups in total. The Bertz CT molecular complexity index is 462. The van der Waals surface area contributed by atoms with E-state index in [2.05, 4.69) is 4.72 Å². The summed E-state index contributed by atoms with van der Waals surface area (Å²) in [6.45, 7) is -0.00291. The summed E-state index contributed by atoms with van der Waals surface area (Å²) in [5.41, 5.74) is 5.26. The molecule has 1 aromatic rings. The quantitative estimate of drug-likeness (QED) is 0.508. The zero-order valence-corrected chi connectivity index (χ0v) is 9.30. The highest BCUT2D eigenvalue weighted by Gasteiger charge is 2.16. The van der Waals surface area contributed by atoms with Gasteiger partial charge in [-0.3, -0.25) is 0 Å². The zero-order chi connectivity index (χ0) is 12.2. The van der Waals surface area contributed by atoms with Crippen molar-refractivity contribution in [1.29, 1.82) is 0 Å². The molecule has 0 fully saturated rings. The molecule has 1 aromatic carbocycles. The van der Waals surface area contributed by atoms with Crippen molar-refractivity contribution in [3.63, 3.8) is 0 Å². The first-order valence-electron chi connectivity index (χ1n) is 4.63. The largest absolute Gasteiger partial charge is 0.398 e. The summed E-state index contributed by atoms with van der Waals surface area (Å²) in [5, 5.41) is 8.52. The molecule has 16 heavy (non-hydrogen) atoms. The smallest absolute Gasteiger partial charge is 0.242 e. The molecule has 0 bridgehead atoms. The summed E-state index contributed by atoms with van der Waals surface area (Å²) in [4.78, 5) is -0.160. The van der Waals surface area contributed by atoms with E-state index in [-0.39, 0.29) is 23.7 Å². The fraction of sp³-hybridized carbons (Fsp3) is 0.333. The summed E-state index contributed by atoms with van der Waals surface area (Å²) in [7, 11) is -3.73. The van der Waals surface area contributed by atoms with E-state index >= 15 is 0 Å². The summed E-state index contributed by atoms with van der Waals surface area (Å²) in [6.07, 6.45) is 0.306. The van der Waals surface area contributed by atoms with Crippen molar-refractivity contribution in [3.8, 4) is 0 Å². The van der Waals surface area contributed by atoms with Crippen LogP contribution in [0.5, 0.6) is 0 Å². The molecule has 0 saturated heterocycles. The Morgan fingerprint density at radius 1 is 1.44 bits per heavy atom. The molecular formula is C9H13FN2O3S. The lowest BCUT2D eigenvalue weighted by Crippen LogP contribution is -2.26. The van der Waals surface area contributed by atoms with Crippen LogP contribution in [0.25, 0.3) is 0 Å². The molecule has 0 aliphatic carbocycles. The Balaban J connectivity index is 2.90. The van der Waals surface area contributed by atoms with Crippen LogP contribution in [0.4, 0.5) is 10.1 Å². The van der Waals surface area contributed by atoms with Gasteiger partial charge in [-0.1, -0.05) is 0 Å². The summed E-state index contributed by atoms with van der Waals surface area (Å²) in [5.74, 6) is -0.591. The number of aliphatic hydroxyl groups excluding tert-OH is 1. The van der Waals surface area contributed by atoms with E-state index in [0.717, 1.165) is 18.2 Å². The highest BCUT2D eigenvalue weighted by atomic mass is 32.2. The Labute approximate surface area is 93.1 Å². The normalized spacial score (nSPS) is 11.6. The van der Waals surface area contributed by atoms with Crippen molar-refractivity contribution in [2.24, 2.45) is 0 Å². The molecule has 0 unspecified atom stereocenters. The van der Waals surface area contributed by atoms with Gasteiger partial charge >= 0.3 is 0 Å². The van der Waals surface area contributed by atoms with Gasteiger partial charge in [-0.05, 0) is 24.6 Å². The second kappa shape index (κ2) is 5.24. The van der Waals surface area contributed by atoms with Crippen molar-refractivity contribution in [3.05, 3.63) is 24.0 Å². The SMILES string of the molecule is Nc1cc(F)ccc1S(=O)(=O)NCCCO. The summed E-state index contributed by atoms with van der Waals surface area (Å²) >= 11 is 0. The highest BCUT2D eigenvalue weighted by Crippen LogP contribution is 2.18. The minimum atomic E-state index is -3.73. The summed E-state index contributed by atoms with van der Waals surface area (Å²) < 4.78 is 38.2. The van der Waals surface area contributed by atoms with Gasteiger partial charge in [0.2, 0.25) is 10.0 Å². The number of anilines is 1. The molecule has 0 atom stereocenters. The zero-order valence-electron chi connectivity index (χ0n) is 8.48. The molecule has 0 heterocycles. The van der Waals surface area contributed by atoms with Crippen molar-refractivity contribution in [1.82, 2.24) is 4.72 Å². The van der Waals surface area contributed by atoms with Crippen LogP contribution in [0.2, 0.25) is 0 Å². The van der Waals surface area contributed by atoms with E-state index in [1.807, 2.05) is 0 Å². The van der Waals surface area contributed by atoms with Crippen molar-refractivity contribution >= 4 is 15.7 Å². The number of sulfonamides is 1. The third kappa shape index (κ3) is 3.16. The number of aliphatic hydroxyl groups is 1. The van der Waals surface area contributed by atoms with E-state index in [0.29, 0.717) is 6.42 Å². The number of nitrogens with two attached hydrogens (primary N) is 1. The van der Waals surface area contributed by atoms with Crippen LogP contribution < -0.4 is 10.5 Å². The van der Waals surface area contributed by atoms with Gasteiger partial charge in [0.05, 0.1) is 5.69 Å². The van der Waals surface area contributed by atoms with Gasteiger partial charge in [-0.2, -0.15) is 0 Å².